The highest BCUT2D eigenvalue weighted by Crippen LogP contribution is 2.24. The van der Waals surface area contributed by atoms with Crippen LogP contribution >= 0.6 is 0 Å². The van der Waals surface area contributed by atoms with Gasteiger partial charge in [-0.2, -0.15) is 0 Å². The number of ether oxygens (including phenoxy) is 2. The zero-order chi connectivity index (χ0) is 15.2. The maximum atomic E-state index is 13.2. The van der Waals surface area contributed by atoms with E-state index in [1.807, 2.05) is 24.3 Å². The minimum atomic E-state index is -0.171. The van der Waals surface area contributed by atoms with Crippen molar-refractivity contribution in [2.45, 2.75) is 20.0 Å². The van der Waals surface area contributed by atoms with Gasteiger partial charge in [-0.25, -0.2) is 4.39 Å². The Morgan fingerprint density at radius 3 is 2.48 bits per heavy atom. The Hall–Kier alpha value is -2.07. The number of benzene rings is 2. The first-order valence-corrected chi connectivity index (χ1v) is 6.80. The van der Waals surface area contributed by atoms with Gasteiger partial charge in [0.2, 0.25) is 0 Å². The smallest absolute Gasteiger partial charge is 0.127 e. The van der Waals surface area contributed by atoms with E-state index in [1.54, 1.807) is 27.2 Å². The first-order valence-electron chi connectivity index (χ1n) is 6.80. The molecule has 2 aromatic carbocycles. The van der Waals surface area contributed by atoms with Gasteiger partial charge in [0.1, 0.15) is 17.3 Å². The molecule has 1 N–H and O–H groups in total. The van der Waals surface area contributed by atoms with Crippen molar-refractivity contribution in [2.75, 3.05) is 14.2 Å². The van der Waals surface area contributed by atoms with E-state index in [0.29, 0.717) is 18.7 Å². The van der Waals surface area contributed by atoms with Gasteiger partial charge in [0.15, 0.2) is 0 Å². The molecule has 0 spiro atoms. The van der Waals surface area contributed by atoms with E-state index in [-0.39, 0.29) is 5.82 Å². The lowest BCUT2D eigenvalue weighted by Gasteiger charge is -2.11. The third-order valence-corrected chi connectivity index (χ3v) is 3.36. The molecule has 0 aliphatic heterocycles. The van der Waals surface area contributed by atoms with Gasteiger partial charge in [-0.1, -0.05) is 18.2 Å². The molecular weight excluding hydrogens is 269 g/mol. The van der Waals surface area contributed by atoms with Crippen LogP contribution in [0.3, 0.4) is 0 Å². The Kier molecular flexibility index (Phi) is 5.17. The normalized spacial score (nSPS) is 10.5. The molecule has 2 aromatic rings. The average Bonchev–Trinajstić information content (AvgIpc) is 2.51. The molecule has 21 heavy (non-hydrogen) atoms. The fraction of sp³-hybridized carbons (Fsp3) is 0.294. The fourth-order valence-electron chi connectivity index (χ4n) is 2.16. The Labute approximate surface area is 124 Å². The van der Waals surface area contributed by atoms with Gasteiger partial charge in [0.05, 0.1) is 14.2 Å². The predicted octanol–water partition coefficient (Wildman–Crippen LogP) is 3.44. The van der Waals surface area contributed by atoms with Crippen molar-refractivity contribution in [3.8, 4) is 11.5 Å². The Morgan fingerprint density at radius 1 is 1.00 bits per heavy atom. The number of aryl methyl sites for hydroxylation is 1. The largest absolute Gasteiger partial charge is 0.497 e. The van der Waals surface area contributed by atoms with E-state index in [1.165, 1.54) is 6.07 Å². The molecule has 0 saturated carbocycles. The van der Waals surface area contributed by atoms with E-state index in [4.69, 9.17) is 9.47 Å². The molecule has 0 fully saturated rings. The van der Waals surface area contributed by atoms with Crippen molar-refractivity contribution < 1.29 is 13.9 Å². The number of halogens is 1. The summed E-state index contributed by atoms with van der Waals surface area (Å²) in [4.78, 5) is 0. The molecule has 0 unspecified atom stereocenters. The van der Waals surface area contributed by atoms with Gasteiger partial charge in [0, 0.05) is 24.7 Å². The Bertz CT molecular complexity index is 614. The molecule has 0 radical (unpaired) electrons. The summed E-state index contributed by atoms with van der Waals surface area (Å²) < 4.78 is 23.7. The van der Waals surface area contributed by atoms with Gasteiger partial charge in [0.25, 0.3) is 0 Å². The van der Waals surface area contributed by atoms with Crippen LogP contribution in [0.15, 0.2) is 36.4 Å². The lowest BCUT2D eigenvalue weighted by Crippen LogP contribution is -2.13. The van der Waals surface area contributed by atoms with Gasteiger partial charge < -0.3 is 14.8 Å². The van der Waals surface area contributed by atoms with Crippen LogP contribution in [0.1, 0.15) is 16.7 Å². The van der Waals surface area contributed by atoms with Crippen LogP contribution in [-0.2, 0) is 13.1 Å². The summed E-state index contributed by atoms with van der Waals surface area (Å²) in [5.41, 5.74) is 2.77. The van der Waals surface area contributed by atoms with Crippen LogP contribution in [0, 0.1) is 12.7 Å². The van der Waals surface area contributed by atoms with E-state index < -0.39 is 0 Å². The second kappa shape index (κ2) is 7.09. The highest BCUT2D eigenvalue weighted by atomic mass is 19.1. The topological polar surface area (TPSA) is 30.5 Å². The monoisotopic (exact) mass is 289 g/mol. The van der Waals surface area contributed by atoms with Gasteiger partial charge in [-0.05, 0) is 30.2 Å². The zero-order valence-electron chi connectivity index (χ0n) is 12.6. The summed E-state index contributed by atoms with van der Waals surface area (Å²) in [6, 6.07) is 10.9. The summed E-state index contributed by atoms with van der Waals surface area (Å²) in [7, 11) is 3.27. The van der Waals surface area contributed by atoms with E-state index in [9.17, 15) is 4.39 Å². The highest BCUT2D eigenvalue weighted by molar-refractivity contribution is 5.40. The van der Waals surface area contributed by atoms with Crippen LogP contribution in [-0.4, -0.2) is 14.2 Å². The molecule has 0 amide bonds. The van der Waals surface area contributed by atoms with Crippen molar-refractivity contribution in [2.24, 2.45) is 0 Å². The molecule has 3 nitrogen and oxygen atoms in total. The Morgan fingerprint density at radius 2 is 1.81 bits per heavy atom. The Balaban J connectivity index is 1.98. The number of methoxy groups -OCH3 is 2. The number of hydrogen-bond acceptors (Lipinski definition) is 3. The third kappa shape index (κ3) is 3.95. The van der Waals surface area contributed by atoms with Crippen molar-refractivity contribution >= 4 is 0 Å². The molecule has 112 valence electrons. The molecule has 0 atom stereocenters. The molecule has 2 rings (SSSR count). The van der Waals surface area contributed by atoms with E-state index >= 15 is 0 Å². The molecule has 0 aliphatic rings. The summed E-state index contributed by atoms with van der Waals surface area (Å²) in [5, 5.41) is 3.33. The number of hydrogen-bond donors (Lipinski definition) is 1. The maximum absolute atomic E-state index is 13.2. The van der Waals surface area contributed by atoms with Crippen molar-refractivity contribution in [1.82, 2.24) is 5.32 Å². The molecule has 0 heterocycles. The lowest BCUT2D eigenvalue weighted by molar-refractivity contribution is 0.390. The second-order valence-electron chi connectivity index (χ2n) is 4.86. The zero-order valence-corrected chi connectivity index (χ0v) is 12.6. The molecular formula is C17H20FNO2. The van der Waals surface area contributed by atoms with Crippen LogP contribution < -0.4 is 14.8 Å². The standard InChI is InChI=1S/C17H20FNO2/c1-12-8-13(4-7-16(12)18)10-19-11-14-5-6-15(20-2)9-17(14)21-3/h4-9,19H,10-11H2,1-3H3. The predicted molar refractivity (Wildman–Crippen MR) is 81.2 cm³/mol. The van der Waals surface area contributed by atoms with Crippen LogP contribution in [0.4, 0.5) is 4.39 Å². The molecule has 0 bridgehead atoms. The third-order valence-electron chi connectivity index (χ3n) is 3.36. The van der Waals surface area contributed by atoms with Gasteiger partial charge in [-0.15, -0.1) is 0 Å². The van der Waals surface area contributed by atoms with Gasteiger partial charge >= 0.3 is 0 Å². The highest BCUT2D eigenvalue weighted by Gasteiger charge is 2.05. The minimum Gasteiger partial charge on any atom is -0.497 e. The maximum Gasteiger partial charge on any atom is 0.127 e. The van der Waals surface area contributed by atoms with Gasteiger partial charge in [-0.3, -0.25) is 0 Å². The SMILES string of the molecule is COc1ccc(CNCc2ccc(F)c(C)c2)c(OC)c1. The number of nitrogens with one attached hydrogen (secondary N) is 1. The van der Waals surface area contributed by atoms with Crippen LogP contribution in [0.2, 0.25) is 0 Å². The second-order valence-corrected chi connectivity index (χ2v) is 4.86. The molecule has 0 saturated heterocycles. The average molecular weight is 289 g/mol. The lowest BCUT2D eigenvalue weighted by atomic mass is 10.1. The molecule has 4 heteroatoms. The number of rotatable bonds is 6. The summed E-state index contributed by atoms with van der Waals surface area (Å²) in [6.07, 6.45) is 0. The summed E-state index contributed by atoms with van der Waals surface area (Å²) in [5.74, 6) is 1.39. The first-order chi connectivity index (χ1) is 10.1. The van der Waals surface area contributed by atoms with Crippen molar-refractivity contribution in [3.05, 3.63) is 58.9 Å². The van der Waals surface area contributed by atoms with Crippen LogP contribution in [0.25, 0.3) is 0 Å². The van der Waals surface area contributed by atoms with Crippen LogP contribution in [0.5, 0.6) is 11.5 Å². The minimum absolute atomic E-state index is 0.171. The van der Waals surface area contributed by atoms with Crippen molar-refractivity contribution in [3.63, 3.8) is 0 Å². The van der Waals surface area contributed by atoms with E-state index in [2.05, 4.69) is 5.32 Å². The summed E-state index contributed by atoms with van der Waals surface area (Å²) in [6.45, 7) is 3.12. The molecule has 0 aliphatic carbocycles. The quantitative estimate of drug-likeness (QED) is 0.883. The first kappa shape index (κ1) is 15.3. The fourth-order valence-corrected chi connectivity index (χ4v) is 2.16. The summed E-state index contributed by atoms with van der Waals surface area (Å²) >= 11 is 0. The van der Waals surface area contributed by atoms with Crippen molar-refractivity contribution in [1.29, 1.82) is 0 Å². The molecule has 0 aromatic heterocycles. The van der Waals surface area contributed by atoms with E-state index in [0.717, 1.165) is 22.6 Å².